The van der Waals surface area contributed by atoms with Gasteiger partial charge in [0.2, 0.25) is 11.9 Å². The molecule has 2 N–H and O–H groups in total. The van der Waals surface area contributed by atoms with Crippen molar-refractivity contribution in [3.05, 3.63) is 30.4 Å². The Balaban J connectivity index is 1.98. The van der Waals surface area contributed by atoms with Crippen LogP contribution in [-0.4, -0.2) is 36.0 Å². The van der Waals surface area contributed by atoms with Gasteiger partial charge in [-0.2, -0.15) is 0 Å². The second-order valence-electron chi connectivity index (χ2n) is 4.48. The van der Waals surface area contributed by atoms with E-state index in [9.17, 15) is 9.90 Å². The van der Waals surface area contributed by atoms with Crippen LogP contribution < -0.4 is 5.32 Å². The van der Waals surface area contributed by atoms with Crippen LogP contribution in [0.15, 0.2) is 24.7 Å². The van der Waals surface area contributed by atoms with Crippen LogP contribution in [-0.2, 0) is 16.9 Å². The standard InChI is InChI=1S/C11H14N6O2/c1-11(2,19)8-6-17(16-15-8)7-9(18)14-10-12-4-3-5-13-10/h3-6,19H,7H2,1-2H3,(H,12,13,14,18). The molecule has 0 bridgehead atoms. The number of aliphatic hydroxyl groups is 1. The maximum atomic E-state index is 11.7. The van der Waals surface area contributed by atoms with Crippen LogP contribution in [0.5, 0.6) is 0 Å². The Morgan fingerprint density at radius 2 is 2.11 bits per heavy atom. The molecule has 1 amide bonds. The number of nitrogens with zero attached hydrogens (tertiary/aromatic N) is 5. The first kappa shape index (κ1) is 13.1. The lowest BCUT2D eigenvalue weighted by Gasteiger charge is -2.11. The molecule has 2 aromatic rings. The van der Waals surface area contributed by atoms with E-state index in [1.54, 1.807) is 19.9 Å². The van der Waals surface area contributed by atoms with Gasteiger partial charge >= 0.3 is 0 Å². The molecule has 2 aromatic heterocycles. The minimum atomic E-state index is -1.09. The predicted octanol–water partition coefficient (Wildman–Crippen LogP) is -0.0658. The Kier molecular flexibility index (Phi) is 3.52. The van der Waals surface area contributed by atoms with Gasteiger partial charge in [-0.1, -0.05) is 5.21 Å². The molecule has 0 saturated carbocycles. The lowest BCUT2D eigenvalue weighted by molar-refractivity contribution is -0.117. The molecule has 0 aliphatic rings. The van der Waals surface area contributed by atoms with Gasteiger partial charge in [-0.05, 0) is 19.9 Å². The highest BCUT2D eigenvalue weighted by atomic mass is 16.3. The van der Waals surface area contributed by atoms with Crippen LogP contribution >= 0.6 is 0 Å². The topological polar surface area (TPSA) is 106 Å². The minimum Gasteiger partial charge on any atom is -0.384 e. The van der Waals surface area contributed by atoms with E-state index in [0.29, 0.717) is 5.69 Å². The fourth-order valence-corrected chi connectivity index (χ4v) is 1.33. The highest BCUT2D eigenvalue weighted by molar-refractivity contribution is 5.88. The number of carbonyl (C=O) groups excluding carboxylic acids is 1. The van der Waals surface area contributed by atoms with Gasteiger partial charge in [0.25, 0.3) is 0 Å². The summed E-state index contributed by atoms with van der Waals surface area (Å²) in [6, 6.07) is 1.66. The SMILES string of the molecule is CC(C)(O)c1cn(CC(=O)Nc2ncccn2)nn1. The summed E-state index contributed by atoms with van der Waals surface area (Å²) in [5.41, 5.74) is -0.687. The highest BCUT2D eigenvalue weighted by Crippen LogP contribution is 2.15. The Bertz CT molecular complexity index is 560. The van der Waals surface area contributed by atoms with Crippen LogP contribution in [0, 0.1) is 0 Å². The summed E-state index contributed by atoms with van der Waals surface area (Å²) in [6.07, 6.45) is 4.58. The van der Waals surface area contributed by atoms with Crippen LogP contribution in [0.2, 0.25) is 0 Å². The van der Waals surface area contributed by atoms with Gasteiger partial charge in [-0.15, -0.1) is 5.10 Å². The number of rotatable bonds is 4. The van der Waals surface area contributed by atoms with Crippen molar-refractivity contribution < 1.29 is 9.90 Å². The zero-order valence-electron chi connectivity index (χ0n) is 10.6. The van der Waals surface area contributed by atoms with E-state index in [2.05, 4.69) is 25.6 Å². The molecule has 0 radical (unpaired) electrons. The van der Waals surface area contributed by atoms with E-state index < -0.39 is 5.60 Å². The number of hydrogen-bond donors (Lipinski definition) is 2. The number of amides is 1. The van der Waals surface area contributed by atoms with Gasteiger partial charge in [0.1, 0.15) is 17.8 Å². The maximum absolute atomic E-state index is 11.7. The number of aromatic nitrogens is 5. The van der Waals surface area contributed by atoms with Crippen molar-refractivity contribution in [2.75, 3.05) is 5.32 Å². The summed E-state index contributed by atoms with van der Waals surface area (Å²) in [6.45, 7) is 3.17. The van der Waals surface area contributed by atoms with Gasteiger partial charge < -0.3 is 5.11 Å². The fraction of sp³-hybridized carbons (Fsp3) is 0.364. The molecule has 8 nitrogen and oxygen atoms in total. The van der Waals surface area contributed by atoms with Crippen molar-refractivity contribution in [1.82, 2.24) is 25.0 Å². The molecular weight excluding hydrogens is 248 g/mol. The smallest absolute Gasteiger partial charge is 0.248 e. The molecule has 0 aliphatic heterocycles. The molecule has 2 heterocycles. The van der Waals surface area contributed by atoms with E-state index in [-0.39, 0.29) is 18.4 Å². The molecule has 0 atom stereocenters. The van der Waals surface area contributed by atoms with E-state index in [4.69, 9.17) is 0 Å². The minimum absolute atomic E-state index is 0.0265. The molecular formula is C11H14N6O2. The zero-order chi connectivity index (χ0) is 13.9. The summed E-state index contributed by atoms with van der Waals surface area (Å²) in [5, 5.41) is 19.8. The Morgan fingerprint density at radius 1 is 1.42 bits per heavy atom. The fourth-order valence-electron chi connectivity index (χ4n) is 1.33. The Hall–Kier alpha value is -2.35. The molecule has 0 unspecified atom stereocenters. The highest BCUT2D eigenvalue weighted by Gasteiger charge is 2.20. The van der Waals surface area contributed by atoms with Crippen LogP contribution in [0.1, 0.15) is 19.5 Å². The first-order valence-electron chi connectivity index (χ1n) is 5.65. The van der Waals surface area contributed by atoms with Crippen LogP contribution in [0.4, 0.5) is 5.95 Å². The van der Waals surface area contributed by atoms with Gasteiger partial charge in [-0.25, -0.2) is 14.6 Å². The molecule has 19 heavy (non-hydrogen) atoms. The third-order valence-corrected chi connectivity index (χ3v) is 2.29. The normalized spacial score (nSPS) is 11.3. The van der Waals surface area contributed by atoms with Crippen molar-refractivity contribution in [3.63, 3.8) is 0 Å². The summed E-state index contributed by atoms with van der Waals surface area (Å²) in [4.78, 5) is 19.5. The monoisotopic (exact) mass is 262 g/mol. The Labute approximate surface area is 109 Å². The lowest BCUT2D eigenvalue weighted by Crippen LogP contribution is -2.20. The quantitative estimate of drug-likeness (QED) is 0.799. The number of carbonyl (C=O) groups is 1. The van der Waals surface area contributed by atoms with Crippen molar-refractivity contribution in [3.8, 4) is 0 Å². The van der Waals surface area contributed by atoms with Gasteiger partial charge in [0.05, 0.1) is 6.20 Å². The second-order valence-corrected chi connectivity index (χ2v) is 4.48. The van der Waals surface area contributed by atoms with Crippen molar-refractivity contribution >= 4 is 11.9 Å². The van der Waals surface area contributed by atoms with Crippen LogP contribution in [0.25, 0.3) is 0 Å². The van der Waals surface area contributed by atoms with Gasteiger partial charge in [-0.3, -0.25) is 10.1 Å². The largest absolute Gasteiger partial charge is 0.384 e. The molecule has 0 spiro atoms. The van der Waals surface area contributed by atoms with Crippen LogP contribution in [0.3, 0.4) is 0 Å². The average Bonchev–Trinajstić information content (AvgIpc) is 2.78. The number of anilines is 1. The number of hydrogen-bond acceptors (Lipinski definition) is 6. The Morgan fingerprint density at radius 3 is 2.68 bits per heavy atom. The molecule has 2 rings (SSSR count). The third kappa shape index (κ3) is 3.55. The van der Waals surface area contributed by atoms with E-state index in [0.717, 1.165) is 0 Å². The molecule has 100 valence electrons. The molecule has 0 aliphatic carbocycles. The average molecular weight is 262 g/mol. The molecule has 8 heteroatoms. The first-order valence-corrected chi connectivity index (χ1v) is 5.65. The predicted molar refractivity (Wildman–Crippen MR) is 65.9 cm³/mol. The van der Waals surface area contributed by atoms with Crippen molar-refractivity contribution in [1.29, 1.82) is 0 Å². The first-order chi connectivity index (χ1) is 8.95. The zero-order valence-corrected chi connectivity index (χ0v) is 10.6. The molecule has 0 fully saturated rings. The summed E-state index contributed by atoms with van der Waals surface area (Å²) in [7, 11) is 0. The van der Waals surface area contributed by atoms with Gasteiger partial charge in [0.15, 0.2) is 0 Å². The lowest BCUT2D eigenvalue weighted by atomic mass is 10.1. The van der Waals surface area contributed by atoms with Gasteiger partial charge in [0, 0.05) is 12.4 Å². The van der Waals surface area contributed by atoms with E-state index >= 15 is 0 Å². The van der Waals surface area contributed by atoms with Crippen molar-refractivity contribution in [2.45, 2.75) is 26.0 Å². The third-order valence-electron chi connectivity index (χ3n) is 2.29. The summed E-state index contributed by atoms with van der Waals surface area (Å²) >= 11 is 0. The van der Waals surface area contributed by atoms with E-state index in [1.807, 2.05) is 0 Å². The van der Waals surface area contributed by atoms with E-state index in [1.165, 1.54) is 23.3 Å². The molecule has 0 aromatic carbocycles. The summed E-state index contributed by atoms with van der Waals surface area (Å²) < 4.78 is 1.34. The maximum Gasteiger partial charge on any atom is 0.248 e. The summed E-state index contributed by atoms with van der Waals surface area (Å²) in [5.74, 6) is -0.0891. The second kappa shape index (κ2) is 5.11. The van der Waals surface area contributed by atoms with Crippen molar-refractivity contribution in [2.24, 2.45) is 0 Å². The number of nitrogens with one attached hydrogen (secondary N) is 1. The molecule has 0 saturated heterocycles.